The highest BCUT2D eigenvalue weighted by Crippen LogP contribution is 2.19. The predicted octanol–water partition coefficient (Wildman–Crippen LogP) is 5.52. The summed E-state index contributed by atoms with van der Waals surface area (Å²) in [4.78, 5) is 28.3. The van der Waals surface area contributed by atoms with Crippen molar-refractivity contribution in [3.63, 3.8) is 0 Å². The smallest absolute Gasteiger partial charge is 0.261 e. The van der Waals surface area contributed by atoms with E-state index in [1.165, 1.54) is 11.0 Å². The molecule has 3 aromatic rings. The zero-order valence-corrected chi connectivity index (χ0v) is 21.5. The summed E-state index contributed by atoms with van der Waals surface area (Å²) in [5, 5.41) is 2.99. The lowest BCUT2D eigenvalue weighted by atomic mass is 10.0. The molecular weight excluding hydrogens is 511 g/mol. The zero-order chi connectivity index (χ0) is 25.2. The van der Waals surface area contributed by atoms with Crippen molar-refractivity contribution in [3.8, 4) is 5.75 Å². The maximum atomic E-state index is 14.6. The van der Waals surface area contributed by atoms with E-state index >= 15 is 0 Å². The lowest BCUT2D eigenvalue weighted by Gasteiger charge is -2.32. The number of nitrogens with one attached hydrogen (secondary N) is 1. The van der Waals surface area contributed by atoms with Crippen LogP contribution in [0.15, 0.2) is 83.3 Å². The van der Waals surface area contributed by atoms with Crippen molar-refractivity contribution >= 4 is 27.7 Å². The minimum atomic E-state index is -0.841. The van der Waals surface area contributed by atoms with Gasteiger partial charge in [0.05, 0.1) is 0 Å². The second-order valence-corrected chi connectivity index (χ2v) is 9.29. The van der Waals surface area contributed by atoms with Gasteiger partial charge in [-0.15, -0.1) is 0 Å². The fourth-order valence-electron chi connectivity index (χ4n) is 3.56. The third-order valence-corrected chi connectivity index (χ3v) is 6.28. The summed E-state index contributed by atoms with van der Waals surface area (Å²) in [5.41, 5.74) is 1.23. The van der Waals surface area contributed by atoms with E-state index in [2.05, 4.69) is 21.2 Å². The number of nitrogens with zero attached hydrogens (tertiary/aromatic N) is 1. The third-order valence-electron chi connectivity index (χ3n) is 5.75. The molecule has 0 radical (unpaired) electrons. The standard InChI is InChI=1S/C28H30BrFN2O3/c1-3-20(2)31-28(34)26(17-21-9-5-4-6-10-21)32(18-22-11-7-8-12-25(22)30)27(33)19-35-24-15-13-23(29)14-16-24/h4-16,20,26H,3,17-19H2,1-2H3,(H,31,34)/t20-,26-/m0/s1. The summed E-state index contributed by atoms with van der Waals surface area (Å²) >= 11 is 3.37. The Labute approximate surface area is 214 Å². The SMILES string of the molecule is CC[C@H](C)NC(=O)[C@H](Cc1ccccc1)N(Cc1ccccc1F)C(=O)COc1ccc(Br)cc1. The van der Waals surface area contributed by atoms with E-state index < -0.39 is 17.8 Å². The van der Waals surface area contributed by atoms with Crippen LogP contribution in [0.4, 0.5) is 4.39 Å². The van der Waals surface area contributed by atoms with Gasteiger partial charge in [0, 0.05) is 29.0 Å². The molecule has 1 N–H and O–H groups in total. The Morgan fingerprint density at radius 3 is 2.31 bits per heavy atom. The molecule has 7 heteroatoms. The van der Waals surface area contributed by atoms with Crippen molar-refractivity contribution in [3.05, 3.63) is 100 Å². The predicted molar refractivity (Wildman–Crippen MR) is 138 cm³/mol. The van der Waals surface area contributed by atoms with Crippen molar-refractivity contribution in [1.82, 2.24) is 10.2 Å². The Morgan fingerprint density at radius 1 is 1.00 bits per heavy atom. The summed E-state index contributed by atoms with van der Waals surface area (Å²) < 4.78 is 21.2. The highest BCUT2D eigenvalue weighted by atomic mass is 79.9. The van der Waals surface area contributed by atoms with Crippen molar-refractivity contribution < 1.29 is 18.7 Å². The molecule has 3 rings (SSSR count). The highest BCUT2D eigenvalue weighted by molar-refractivity contribution is 9.10. The van der Waals surface area contributed by atoms with Crippen LogP contribution in [0.5, 0.6) is 5.75 Å². The number of hydrogen-bond acceptors (Lipinski definition) is 3. The molecule has 0 aliphatic heterocycles. The van der Waals surface area contributed by atoms with Gasteiger partial charge in [-0.1, -0.05) is 71.4 Å². The number of carbonyl (C=O) groups excluding carboxylic acids is 2. The fourth-order valence-corrected chi connectivity index (χ4v) is 3.83. The fraction of sp³-hybridized carbons (Fsp3) is 0.286. The molecule has 0 aliphatic carbocycles. The van der Waals surface area contributed by atoms with Crippen molar-refractivity contribution in [2.75, 3.05) is 6.61 Å². The zero-order valence-electron chi connectivity index (χ0n) is 19.9. The number of hydrogen-bond donors (Lipinski definition) is 1. The van der Waals surface area contributed by atoms with E-state index in [-0.39, 0.29) is 25.1 Å². The quantitative estimate of drug-likeness (QED) is 0.348. The molecule has 0 saturated heterocycles. The Hall–Kier alpha value is -3.19. The second kappa shape index (κ2) is 13.0. The molecule has 0 fully saturated rings. The van der Waals surface area contributed by atoms with E-state index in [9.17, 15) is 14.0 Å². The summed E-state index contributed by atoms with van der Waals surface area (Å²) in [5.74, 6) is -0.594. The third kappa shape index (κ3) is 7.92. The molecule has 0 spiro atoms. The first kappa shape index (κ1) is 26.4. The van der Waals surface area contributed by atoms with Crippen molar-refractivity contribution in [1.29, 1.82) is 0 Å². The molecule has 0 aromatic heterocycles. The highest BCUT2D eigenvalue weighted by Gasteiger charge is 2.31. The Balaban J connectivity index is 1.91. The van der Waals surface area contributed by atoms with Crippen molar-refractivity contribution in [2.24, 2.45) is 0 Å². The van der Waals surface area contributed by atoms with Crippen LogP contribution in [-0.4, -0.2) is 35.4 Å². The van der Waals surface area contributed by atoms with Crippen LogP contribution in [0.1, 0.15) is 31.4 Å². The molecule has 184 valence electrons. The molecule has 3 aromatic carbocycles. The summed E-state index contributed by atoms with van der Waals surface area (Å²) in [6.45, 7) is 3.56. The monoisotopic (exact) mass is 540 g/mol. The van der Waals surface area contributed by atoms with Gasteiger partial charge in [-0.05, 0) is 49.2 Å². The topological polar surface area (TPSA) is 58.6 Å². The van der Waals surface area contributed by atoms with E-state index in [1.54, 1.807) is 30.3 Å². The minimum Gasteiger partial charge on any atom is -0.484 e. The first-order valence-corrected chi connectivity index (χ1v) is 12.4. The molecule has 0 unspecified atom stereocenters. The maximum Gasteiger partial charge on any atom is 0.261 e. The summed E-state index contributed by atoms with van der Waals surface area (Å²) in [7, 11) is 0. The second-order valence-electron chi connectivity index (χ2n) is 8.38. The summed E-state index contributed by atoms with van der Waals surface area (Å²) in [6, 6.07) is 22.0. The first-order chi connectivity index (χ1) is 16.9. The number of amides is 2. The number of rotatable bonds is 11. The van der Waals surface area contributed by atoms with Gasteiger partial charge in [-0.25, -0.2) is 4.39 Å². The molecular formula is C28H30BrFN2O3. The number of carbonyl (C=O) groups is 2. The van der Waals surface area contributed by atoms with Gasteiger partial charge >= 0.3 is 0 Å². The molecule has 0 heterocycles. The van der Waals surface area contributed by atoms with Crippen LogP contribution in [0, 0.1) is 5.82 Å². The van der Waals surface area contributed by atoms with Crippen LogP contribution < -0.4 is 10.1 Å². The van der Waals surface area contributed by atoms with Gasteiger partial charge in [-0.3, -0.25) is 9.59 Å². The Kier molecular flexibility index (Phi) is 9.85. The average Bonchev–Trinajstić information content (AvgIpc) is 2.87. The first-order valence-electron chi connectivity index (χ1n) is 11.6. The average molecular weight is 541 g/mol. The van der Waals surface area contributed by atoms with Crippen LogP contribution in [0.3, 0.4) is 0 Å². The van der Waals surface area contributed by atoms with Crippen LogP contribution in [-0.2, 0) is 22.6 Å². The van der Waals surface area contributed by atoms with E-state index in [0.717, 1.165) is 16.5 Å². The van der Waals surface area contributed by atoms with E-state index in [4.69, 9.17) is 4.74 Å². The molecule has 0 aliphatic rings. The van der Waals surface area contributed by atoms with E-state index in [1.807, 2.05) is 56.3 Å². The van der Waals surface area contributed by atoms with Gasteiger partial charge in [-0.2, -0.15) is 0 Å². The van der Waals surface area contributed by atoms with Crippen molar-refractivity contribution in [2.45, 2.75) is 45.3 Å². The number of ether oxygens (including phenoxy) is 1. The maximum absolute atomic E-state index is 14.6. The summed E-state index contributed by atoms with van der Waals surface area (Å²) in [6.07, 6.45) is 1.04. The van der Waals surface area contributed by atoms with Crippen LogP contribution in [0.25, 0.3) is 0 Å². The normalized spacial score (nSPS) is 12.5. The van der Waals surface area contributed by atoms with Gasteiger partial charge in [0.25, 0.3) is 5.91 Å². The largest absolute Gasteiger partial charge is 0.484 e. The lowest BCUT2D eigenvalue weighted by Crippen LogP contribution is -2.53. The van der Waals surface area contributed by atoms with Gasteiger partial charge < -0.3 is 15.0 Å². The number of halogens is 2. The molecule has 0 bridgehead atoms. The van der Waals surface area contributed by atoms with Crippen LogP contribution in [0.2, 0.25) is 0 Å². The Bertz CT molecular complexity index is 1110. The van der Waals surface area contributed by atoms with Gasteiger partial charge in [0.1, 0.15) is 17.6 Å². The van der Waals surface area contributed by atoms with Gasteiger partial charge in [0.2, 0.25) is 5.91 Å². The molecule has 35 heavy (non-hydrogen) atoms. The molecule has 5 nitrogen and oxygen atoms in total. The van der Waals surface area contributed by atoms with Gasteiger partial charge in [0.15, 0.2) is 6.61 Å². The molecule has 0 saturated carbocycles. The van der Waals surface area contributed by atoms with E-state index in [0.29, 0.717) is 17.7 Å². The number of benzene rings is 3. The Morgan fingerprint density at radius 2 is 1.66 bits per heavy atom. The lowest BCUT2D eigenvalue weighted by molar-refractivity contribution is -0.143. The molecule has 2 atom stereocenters. The minimum absolute atomic E-state index is 0.0549. The molecule has 2 amide bonds. The van der Waals surface area contributed by atoms with Crippen LogP contribution >= 0.6 is 15.9 Å².